The Morgan fingerprint density at radius 3 is 3.00 bits per heavy atom. The van der Waals surface area contributed by atoms with Crippen LogP contribution in [0.1, 0.15) is 32.6 Å². The number of nitrogens with two attached hydrogens (primary N) is 1. The Labute approximate surface area is 112 Å². The molecule has 0 radical (unpaired) electrons. The van der Waals surface area contributed by atoms with Gasteiger partial charge in [0, 0.05) is 6.04 Å². The van der Waals surface area contributed by atoms with E-state index in [1.54, 1.807) is 0 Å². The highest BCUT2D eigenvalue weighted by Gasteiger charge is 2.42. The third kappa shape index (κ3) is 2.57. The van der Waals surface area contributed by atoms with Crippen molar-refractivity contribution in [1.82, 2.24) is 20.1 Å². The molecule has 4 unspecified atom stereocenters. The minimum Gasteiger partial charge on any atom is -0.367 e. The van der Waals surface area contributed by atoms with Crippen molar-refractivity contribution in [1.29, 1.82) is 0 Å². The normalized spacial score (nSPS) is 30.5. The van der Waals surface area contributed by atoms with Gasteiger partial charge < -0.3 is 11.1 Å². The summed E-state index contributed by atoms with van der Waals surface area (Å²) in [5.74, 6) is 2.57. The summed E-state index contributed by atoms with van der Waals surface area (Å²) in [4.78, 5) is 15.8. The molecule has 6 nitrogen and oxygen atoms in total. The first-order valence-corrected chi connectivity index (χ1v) is 7.06. The summed E-state index contributed by atoms with van der Waals surface area (Å²) in [6.07, 6.45) is 6.86. The van der Waals surface area contributed by atoms with Gasteiger partial charge in [0.15, 0.2) is 0 Å². The van der Waals surface area contributed by atoms with Crippen LogP contribution in [0, 0.1) is 17.8 Å². The first kappa shape index (κ1) is 12.4. The van der Waals surface area contributed by atoms with Crippen molar-refractivity contribution < 1.29 is 4.79 Å². The molecule has 6 heteroatoms. The molecule has 0 aliphatic heterocycles. The van der Waals surface area contributed by atoms with Gasteiger partial charge in [-0.2, -0.15) is 0 Å². The van der Waals surface area contributed by atoms with E-state index in [-0.39, 0.29) is 24.4 Å². The van der Waals surface area contributed by atoms with Crippen LogP contribution in [-0.2, 0) is 11.3 Å². The Balaban J connectivity index is 1.52. The second-order valence-corrected chi connectivity index (χ2v) is 6.00. The van der Waals surface area contributed by atoms with Crippen LogP contribution in [0.25, 0.3) is 0 Å². The molecule has 2 fully saturated rings. The molecule has 2 bridgehead atoms. The fourth-order valence-corrected chi connectivity index (χ4v) is 3.85. The summed E-state index contributed by atoms with van der Waals surface area (Å²) in [6, 6.07) is 0.253. The highest BCUT2D eigenvalue weighted by Crippen LogP contribution is 2.49. The van der Waals surface area contributed by atoms with Crippen molar-refractivity contribution in [2.24, 2.45) is 17.8 Å². The van der Waals surface area contributed by atoms with E-state index in [9.17, 15) is 4.79 Å². The van der Waals surface area contributed by atoms with E-state index < -0.39 is 0 Å². The fourth-order valence-electron chi connectivity index (χ4n) is 3.85. The first-order chi connectivity index (χ1) is 9.11. The van der Waals surface area contributed by atoms with Crippen LogP contribution in [0.5, 0.6) is 0 Å². The topological polar surface area (TPSA) is 85.8 Å². The number of aromatic nitrogens is 3. The van der Waals surface area contributed by atoms with Crippen molar-refractivity contribution in [2.45, 2.75) is 45.2 Å². The lowest BCUT2D eigenvalue weighted by Crippen LogP contribution is -2.41. The molecule has 1 aromatic heterocycles. The number of rotatable bonds is 4. The van der Waals surface area contributed by atoms with Gasteiger partial charge >= 0.3 is 0 Å². The molecular weight excluding hydrogens is 242 g/mol. The molecule has 2 aliphatic rings. The second-order valence-electron chi connectivity index (χ2n) is 6.00. The molecule has 0 spiro atoms. The van der Waals surface area contributed by atoms with Crippen molar-refractivity contribution in [2.75, 3.05) is 5.73 Å². The predicted molar refractivity (Wildman–Crippen MR) is 71.0 cm³/mol. The van der Waals surface area contributed by atoms with Gasteiger partial charge in [-0.3, -0.25) is 4.79 Å². The lowest BCUT2D eigenvalue weighted by Gasteiger charge is -2.28. The number of amides is 1. The Morgan fingerprint density at radius 2 is 2.42 bits per heavy atom. The molecule has 3 N–H and O–H groups in total. The van der Waals surface area contributed by atoms with Gasteiger partial charge in [-0.1, -0.05) is 6.42 Å². The molecule has 1 amide bonds. The van der Waals surface area contributed by atoms with Crippen LogP contribution >= 0.6 is 0 Å². The number of carbonyl (C=O) groups is 1. The molecule has 104 valence electrons. The van der Waals surface area contributed by atoms with Crippen LogP contribution in [0.15, 0.2) is 6.33 Å². The van der Waals surface area contributed by atoms with Crippen molar-refractivity contribution in [3.05, 3.63) is 6.33 Å². The second kappa shape index (κ2) is 4.83. The van der Waals surface area contributed by atoms with Crippen LogP contribution in [-0.4, -0.2) is 26.7 Å². The maximum Gasteiger partial charge on any atom is 0.242 e. The van der Waals surface area contributed by atoms with E-state index in [2.05, 4.69) is 22.3 Å². The number of hydrogen-bond donors (Lipinski definition) is 2. The zero-order chi connectivity index (χ0) is 13.4. The summed E-state index contributed by atoms with van der Waals surface area (Å²) >= 11 is 0. The van der Waals surface area contributed by atoms with E-state index in [1.165, 1.54) is 36.7 Å². The van der Waals surface area contributed by atoms with Gasteiger partial charge in [-0.05, 0) is 43.9 Å². The smallest absolute Gasteiger partial charge is 0.242 e. The molecule has 0 aromatic carbocycles. The predicted octanol–water partition coefficient (Wildman–Crippen LogP) is 0.801. The highest BCUT2D eigenvalue weighted by atomic mass is 16.2. The minimum absolute atomic E-state index is 0.0137. The van der Waals surface area contributed by atoms with Crippen molar-refractivity contribution >= 4 is 11.9 Å². The van der Waals surface area contributed by atoms with Crippen LogP contribution in [0.2, 0.25) is 0 Å². The van der Waals surface area contributed by atoms with Gasteiger partial charge in [0.25, 0.3) is 0 Å². The number of carbonyl (C=O) groups excluding carboxylic acids is 1. The number of nitrogen functional groups attached to an aromatic ring is 1. The van der Waals surface area contributed by atoms with E-state index >= 15 is 0 Å². The quantitative estimate of drug-likeness (QED) is 0.841. The van der Waals surface area contributed by atoms with Crippen molar-refractivity contribution in [3.63, 3.8) is 0 Å². The van der Waals surface area contributed by atoms with Crippen LogP contribution in [0.4, 0.5) is 5.95 Å². The standard InChI is InChI=1S/C13H21N5O/c1-8(11-5-9-2-3-10(11)4-9)16-12(19)6-18-7-15-13(14)17-18/h7-11H,2-6H2,1H3,(H2,14,17)(H,16,19). The van der Waals surface area contributed by atoms with Crippen LogP contribution < -0.4 is 11.1 Å². The molecule has 2 saturated carbocycles. The SMILES string of the molecule is CC(NC(=O)Cn1cnc(N)n1)C1CC2CCC1C2. The van der Waals surface area contributed by atoms with Gasteiger partial charge in [0.1, 0.15) is 12.9 Å². The van der Waals surface area contributed by atoms with Gasteiger partial charge in [-0.15, -0.1) is 5.10 Å². The molecular formula is C13H21N5O. The molecule has 4 atom stereocenters. The fraction of sp³-hybridized carbons (Fsp3) is 0.769. The monoisotopic (exact) mass is 263 g/mol. The summed E-state index contributed by atoms with van der Waals surface area (Å²) in [7, 11) is 0. The number of anilines is 1. The summed E-state index contributed by atoms with van der Waals surface area (Å²) in [6.45, 7) is 2.31. The van der Waals surface area contributed by atoms with Gasteiger partial charge in [-0.25, -0.2) is 9.67 Å². The average Bonchev–Trinajstić information content (AvgIpc) is 3.05. The summed E-state index contributed by atoms with van der Waals surface area (Å²) in [5, 5.41) is 7.01. The van der Waals surface area contributed by atoms with Gasteiger partial charge in [0.05, 0.1) is 0 Å². The van der Waals surface area contributed by atoms with E-state index in [1.807, 2.05) is 0 Å². The molecule has 1 aromatic rings. The Hall–Kier alpha value is -1.59. The maximum atomic E-state index is 12.0. The lowest BCUT2D eigenvalue weighted by atomic mass is 9.84. The number of fused-ring (bicyclic) bond motifs is 2. The third-order valence-electron chi connectivity index (χ3n) is 4.68. The lowest BCUT2D eigenvalue weighted by molar-refractivity contribution is -0.122. The Kier molecular flexibility index (Phi) is 3.16. The molecule has 3 rings (SSSR count). The Bertz CT molecular complexity index is 471. The maximum absolute atomic E-state index is 12.0. The average molecular weight is 263 g/mol. The molecule has 19 heavy (non-hydrogen) atoms. The molecule has 1 heterocycles. The molecule has 2 aliphatic carbocycles. The highest BCUT2D eigenvalue weighted by molar-refractivity contribution is 5.75. The van der Waals surface area contributed by atoms with E-state index in [0.717, 1.165) is 11.8 Å². The minimum atomic E-state index is -0.0137. The number of hydrogen-bond acceptors (Lipinski definition) is 4. The zero-order valence-electron chi connectivity index (χ0n) is 11.2. The van der Waals surface area contributed by atoms with E-state index in [4.69, 9.17) is 5.73 Å². The zero-order valence-corrected chi connectivity index (χ0v) is 11.2. The number of nitrogens with one attached hydrogen (secondary N) is 1. The molecule has 0 saturated heterocycles. The first-order valence-electron chi connectivity index (χ1n) is 7.06. The van der Waals surface area contributed by atoms with Gasteiger partial charge in [0.2, 0.25) is 11.9 Å². The number of nitrogens with zero attached hydrogens (tertiary/aromatic N) is 3. The van der Waals surface area contributed by atoms with E-state index in [0.29, 0.717) is 5.92 Å². The largest absolute Gasteiger partial charge is 0.367 e. The summed E-state index contributed by atoms with van der Waals surface area (Å²) in [5.41, 5.74) is 5.42. The van der Waals surface area contributed by atoms with Crippen molar-refractivity contribution in [3.8, 4) is 0 Å². The Morgan fingerprint density at radius 1 is 1.58 bits per heavy atom. The third-order valence-corrected chi connectivity index (χ3v) is 4.68. The van der Waals surface area contributed by atoms with Crippen LogP contribution in [0.3, 0.4) is 0 Å². The summed E-state index contributed by atoms with van der Waals surface area (Å²) < 4.78 is 1.47.